The van der Waals surface area contributed by atoms with Gasteiger partial charge in [0.2, 0.25) is 5.91 Å². The Morgan fingerprint density at radius 2 is 2.08 bits per heavy atom. The van der Waals surface area contributed by atoms with Gasteiger partial charge < -0.3 is 10.6 Å². The van der Waals surface area contributed by atoms with E-state index in [9.17, 15) is 13.6 Å². The van der Waals surface area contributed by atoms with Crippen molar-refractivity contribution in [2.75, 3.05) is 11.9 Å². The molecule has 1 aliphatic heterocycles. The quantitative estimate of drug-likeness (QED) is 0.866. The van der Waals surface area contributed by atoms with Crippen LogP contribution in [-0.4, -0.2) is 12.5 Å². The minimum Gasteiger partial charge on any atom is -0.323 e. The molecule has 0 bridgehead atoms. The number of carbonyl (C=O) groups excluding carboxylic acids is 1. The fourth-order valence-corrected chi connectivity index (χ4v) is 3.83. The average Bonchev–Trinajstić information content (AvgIpc) is 3.38. The first-order valence-corrected chi connectivity index (χ1v) is 8.70. The minimum atomic E-state index is -0.403. The minimum absolute atomic E-state index is 0.191. The van der Waals surface area contributed by atoms with E-state index in [1.165, 1.54) is 12.1 Å². The van der Waals surface area contributed by atoms with Crippen molar-refractivity contribution in [1.82, 2.24) is 5.32 Å². The maximum Gasteiger partial charge on any atom is 0.228 e. The molecule has 3 nitrogen and oxygen atoms in total. The zero-order valence-corrected chi connectivity index (χ0v) is 14.2. The van der Waals surface area contributed by atoms with Gasteiger partial charge in [0.15, 0.2) is 0 Å². The third-order valence-corrected chi connectivity index (χ3v) is 5.29. The Hall–Kier alpha value is -1.98. The zero-order valence-electron chi connectivity index (χ0n) is 13.4. The number of halogens is 3. The van der Waals surface area contributed by atoms with Gasteiger partial charge in [-0.15, -0.1) is 0 Å². The standard InChI is InChI=1S/C19H17ClF2N2O/c20-14-2-1-3-15(21)17(14)12-8-13(12)19(25)24-16-5-4-10-9-23-7-6-11(10)18(16)22/h1-5,12-13,23H,6-9H2,(H,24,25). The van der Waals surface area contributed by atoms with Crippen LogP contribution in [0.5, 0.6) is 0 Å². The Morgan fingerprint density at radius 3 is 2.88 bits per heavy atom. The number of rotatable bonds is 3. The molecule has 0 spiro atoms. The molecule has 4 rings (SSSR count). The maximum atomic E-state index is 14.6. The van der Waals surface area contributed by atoms with Gasteiger partial charge >= 0.3 is 0 Å². The molecular formula is C19H17ClF2N2O. The highest BCUT2D eigenvalue weighted by molar-refractivity contribution is 6.31. The van der Waals surface area contributed by atoms with Crippen LogP contribution < -0.4 is 10.6 Å². The van der Waals surface area contributed by atoms with E-state index in [4.69, 9.17) is 11.6 Å². The highest BCUT2D eigenvalue weighted by Gasteiger charge is 2.46. The first-order chi connectivity index (χ1) is 12.1. The molecule has 2 N–H and O–H groups in total. The summed E-state index contributed by atoms with van der Waals surface area (Å²) < 4.78 is 28.6. The van der Waals surface area contributed by atoms with E-state index in [-0.39, 0.29) is 29.2 Å². The van der Waals surface area contributed by atoms with Crippen LogP contribution in [0.25, 0.3) is 0 Å². The molecule has 2 aromatic carbocycles. The third kappa shape index (κ3) is 3.02. The first kappa shape index (κ1) is 16.5. The molecule has 1 saturated carbocycles. The van der Waals surface area contributed by atoms with Crippen LogP contribution in [0.1, 0.15) is 29.0 Å². The molecule has 2 aromatic rings. The van der Waals surface area contributed by atoms with Crippen LogP contribution in [0.2, 0.25) is 5.02 Å². The lowest BCUT2D eigenvalue weighted by Crippen LogP contribution is -2.25. The summed E-state index contributed by atoms with van der Waals surface area (Å²) in [4.78, 5) is 12.4. The van der Waals surface area contributed by atoms with Gasteiger partial charge in [0.25, 0.3) is 0 Å². The Kier molecular flexibility index (Phi) is 4.21. The summed E-state index contributed by atoms with van der Waals surface area (Å²) in [7, 11) is 0. The summed E-state index contributed by atoms with van der Waals surface area (Å²) in [6, 6.07) is 7.91. The Labute approximate surface area is 149 Å². The van der Waals surface area contributed by atoms with Crippen molar-refractivity contribution in [1.29, 1.82) is 0 Å². The van der Waals surface area contributed by atoms with Gasteiger partial charge in [-0.1, -0.05) is 23.7 Å². The van der Waals surface area contributed by atoms with Crippen LogP contribution >= 0.6 is 11.6 Å². The first-order valence-electron chi connectivity index (χ1n) is 8.32. The van der Waals surface area contributed by atoms with Crippen molar-refractivity contribution in [2.45, 2.75) is 25.3 Å². The second-order valence-electron chi connectivity index (χ2n) is 6.56. The molecule has 1 fully saturated rings. The Bertz CT molecular complexity index is 835. The van der Waals surface area contributed by atoms with Gasteiger partial charge in [-0.3, -0.25) is 4.79 Å². The lowest BCUT2D eigenvalue weighted by molar-refractivity contribution is -0.117. The van der Waals surface area contributed by atoms with E-state index in [0.717, 1.165) is 12.1 Å². The third-order valence-electron chi connectivity index (χ3n) is 4.96. The number of fused-ring (bicyclic) bond motifs is 1. The van der Waals surface area contributed by atoms with Gasteiger partial charge in [-0.05, 0) is 48.7 Å². The molecule has 0 radical (unpaired) electrons. The monoisotopic (exact) mass is 362 g/mol. The van der Waals surface area contributed by atoms with Gasteiger partial charge in [0.1, 0.15) is 11.6 Å². The van der Waals surface area contributed by atoms with Crippen molar-refractivity contribution in [2.24, 2.45) is 5.92 Å². The lowest BCUT2D eigenvalue weighted by atomic mass is 9.99. The second kappa shape index (κ2) is 6.39. The fourth-order valence-electron chi connectivity index (χ4n) is 3.52. The lowest BCUT2D eigenvalue weighted by Gasteiger charge is -2.19. The van der Waals surface area contributed by atoms with Crippen LogP contribution in [0.3, 0.4) is 0 Å². The van der Waals surface area contributed by atoms with E-state index in [2.05, 4.69) is 10.6 Å². The average molecular weight is 363 g/mol. The van der Waals surface area contributed by atoms with Crippen LogP contribution in [0, 0.1) is 17.6 Å². The predicted molar refractivity (Wildman–Crippen MR) is 92.7 cm³/mol. The molecule has 1 aliphatic carbocycles. The van der Waals surface area contributed by atoms with E-state index in [1.807, 2.05) is 6.07 Å². The number of hydrogen-bond acceptors (Lipinski definition) is 2. The van der Waals surface area contributed by atoms with Crippen molar-refractivity contribution in [3.05, 3.63) is 63.7 Å². The maximum absolute atomic E-state index is 14.6. The molecule has 1 amide bonds. The number of amides is 1. The van der Waals surface area contributed by atoms with Gasteiger partial charge in [0, 0.05) is 29.0 Å². The Balaban J connectivity index is 1.51. The number of hydrogen-bond donors (Lipinski definition) is 2. The van der Waals surface area contributed by atoms with E-state index in [0.29, 0.717) is 35.5 Å². The highest BCUT2D eigenvalue weighted by Crippen LogP contribution is 2.51. The molecule has 0 aromatic heterocycles. The van der Waals surface area contributed by atoms with Crippen molar-refractivity contribution in [3.8, 4) is 0 Å². The number of benzene rings is 2. The SMILES string of the molecule is O=C(Nc1ccc2c(c1F)CCNC2)C1CC1c1c(F)cccc1Cl. The second-order valence-corrected chi connectivity index (χ2v) is 6.97. The molecular weight excluding hydrogens is 346 g/mol. The highest BCUT2D eigenvalue weighted by atomic mass is 35.5. The molecule has 2 unspecified atom stereocenters. The molecule has 130 valence electrons. The topological polar surface area (TPSA) is 41.1 Å². The zero-order chi connectivity index (χ0) is 17.6. The summed E-state index contributed by atoms with van der Waals surface area (Å²) in [5, 5.41) is 6.18. The summed E-state index contributed by atoms with van der Waals surface area (Å²) in [5.74, 6) is -1.70. The van der Waals surface area contributed by atoms with Crippen molar-refractivity contribution >= 4 is 23.2 Å². The molecule has 2 atom stereocenters. The molecule has 6 heteroatoms. The van der Waals surface area contributed by atoms with Gasteiger partial charge in [-0.2, -0.15) is 0 Å². The molecule has 0 saturated heterocycles. The number of anilines is 1. The van der Waals surface area contributed by atoms with Gasteiger partial charge in [-0.25, -0.2) is 8.78 Å². The van der Waals surface area contributed by atoms with Crippen molar-refractivity contribution in [3.63, 3.8) is 0 Å². The summed E-state index contributed by atoms with van der Waals surface area (Å²) >= 11 is 6.06. The number of nitrogens with one attached hydrogen (secondary N) is 2. The Morgan fingerprint density at radius 1 is 1.24 bits per heavy atom. The normalized spacial score (nSPS) is 21.6. The molecule has 25 heavy (non-hydrogen) atoms. The van der Waals surface area contributed by atoms with Crippen LogP contribution in [0.15, 0.2) is 30.3 Å². The van der Waals surface area contributed by atoms with Gasteiger partial charge in [0.05, 0.1) is 5.69 Å². The molecule has 1 heterocycles. The fraction of sp³-hybridized carbons (Fsp3) is 0.316. The summed E-state index contributed by atoms with van der Waals surface area (Å²) in [6.07, 6.45) is 1.12. The van der Waals surface area contributed by atoms with Crippen LogP contribution in [-0.2, 0) is 17.8 Å². The van der Waals surface area contributed by atoms with E-state index in [1.54, 1.807) is 12.1 Å². The summed E-state index contributed by atoms with van der Waals surface area (Å²) in [6.45, 7) is 1.36. The van der Waals surface area contributed by atoms with Crippen LogP contribution in [0.4, 0.5) is 14.5 Å². The predicted octanol–water partition coefficient (Wildman–Crippen LogP) is 4.01. The summed E-state index contributed by atoms with van der Waals surface area (Å²) in [5.41, 5.74) is 2.14. The largest absolute Gasteiger partial charge is 0.323 e. The smallest absolute Gasteiger partial charge is 0.228 e. The van der Waals surface area contributed by atoms with E-state index >= 15 is 0 Å². The molecule has 2 aliphatic rings. The van der Waals surface area contributed by atoms with Crippen molar-refractivity contribution < 1.29 is 13.6 Å². The number of carbonyl (C=O) groups is 1. The van der Waals surface area contributed by atoms with E-state index < -0.39 is 5.82 Å².